The van der Waals surface area contributed by atoms with E-state index in [4.69, 9.17) is 16.3 Å². The van der Waals surface area contributed by atoms with E-state index in [0.29, 0.717) is 21.5 Å². The van der Waals surface area contributed by atoms with Gasteiger partial charge in [0.25, 0.3) is 0 Å². The first kappa shape index (κ1) is 15.1. The van der Waals surface area contributed by atoms with Crippen molar-refractivity contribution in [1.29, 1.82) is 0 Å². The highest BCUT2D eigenvalue weighted by Gasteiger charge is 2.23. The Morgan fingerprint density at radius 1 is 1.45 bits per heavy atom. The van der Waals surface area contributed by atoms with Gasteiger partial charge in [0, 0.05) is 0 Å². The molecule has 0 fully saturated rings. The van der Waals surface area contributed by atoms with E-state index in [2.05, 4.69) is 15.0 Å². The molecule has 0 saturated heterocycles. The summed E-state index contributed by atoms with van der Waals surface area (Å²) in [6.45, 7) is 5.44. The molecule has 0 aliphatic carbocycles. The molecule has 108 valence electrons. The van der Waals surface area contributed by atoms with Gasteiger partial charge >= 0.3 is 5.97 Å². The smallest absolute Gasteiger partial charge is 0.312 e. The lowest BCUT2D eigenvalue weighted by Crippen LogP contribution is -2.24. The highest BCUT2D eigenvalue weighted by atomic mass is 35.5. The Morgan fingerprint density at radius 3 is 2.75 bits per heavy atom. The molecule has 2 aromatic heterocycles. The summed E-state index contributed by atoms with van der Waals surface area (Å²) in [6, 6.07) is 0. The maximum atomic E-state index is 11.8. The largest absolute Gasteiger partial charge is 0.443 e. The number of esters is 1. The second-order valence-corrected chi connectivity index (χ2v) is 6.33. The molecule has 2 aromatic rings. The van der Waals surface area contributed by atoms with Crippen molar-refractivity contribution >= 4 is 40.5 Å². The SMILES string of the molecule is CSc1nc(Cl)c2ncn(COC(=O)C(C)(C)C)c2n1. The third kappa shape index (κ3) is 3.04. The van der Waals surface area contributed by atoms with E-state index in [0.717, 1.165) is 0 Å². The summed E-state index contributed by atoms with van der Waals surface area (Å²) in [5, 5.41) is 0.839. The van der Waals surface area contributed by atoms with Crippen LogP contribution >= 0.6 is 23.4 Å². The van der Waals surface area contributed by atoms with Crippen LogP contribution in [0.5, 0.6) is 0 Å². The van der Waals surface area contributed by atoms with Crippen LogP contribution < -0.4 is 0 Å². The van der Waals surface area contributed by atoms with Crippen molar-refractivity contribution < 1.29 is 9.53 Å². The number of imidazole rings is 1. The lowest BCUT2D eigenvalue weighted by Gasteiger charge is -2.16. The molecule has 0 aliphatic heterocycles. The van der Waals surface area contributed by atoms with Gasteiger partial charge in [-0.25, -0.2) is 15.0 Å². The summed E-state index contributed by atoms with van der Waals surface area (Å²) in [5.41, 5.74) is 0.500. The molecule has 0 spiro atoms. The van der Waals surface area contributed by atoms with Crippen molar-refractivity contribution in [3.63, 3.8) is 0 Å². The van der Waals surface area contributed by atoms with Crippen LogP contribution in [0.25, 0.3) is 11.2 Å². The van der Waals surface area contributed by atoms with E-state index in [9.17, 15) is 4.79 Å². The number of nitrogens with zero attached hydrogens (tertiary/aromatic N) is 4. The van der Waals surface area contributed by atoms with Gasteiger partial charge in [-0.15, -0.1) is 0 Å². The second kappa shape index (κ2) is 5.57. The number of carbonyl (C=O) groups is 1. The van der Waals surface area contributed by atoms with Crippen LogP contribution in [0.3, 0.4) is 0 Å². The number of carbonyl (C=O) groups excluding carboxylic acids is 1. The lowest BCUT2D eigenvalue weighted by atomic mass is 9.98. The van der Waals surface area contributed by atoms with Crippen LogP contribution in [-0.2, 0) is 16.3 Å². The highest BCUT2D eigenvalue weighted by molar-refractivity contribution is 7.98. The maximum Gasteiger partial charge on any atom is 0.312 e. The average Bonchev–Trinajstić information content (AvgIpc) is 2.78. The molecule has 0 unspecified atom stereocenters. The van der Waals surface area contributed by atoms with Gasteiger partial charge in [-0.1, -0.05) is 23.4 Å². The van der Waals surface area contributed by atoms with Gasteiger partial charge in [0.1, 0.15) is 5.52 Å². The Bertz CT molecular complexity index is 651. The Kier molecular flexibility index (Phi) is 4.19. The van der Waals surface area contributed by atoms with Crippen molar-refractivity contribution in [1.82, 2.24) is 19.5 Å². The lowest BCUT2D eigenvalue weighted by molar-refractivity contribution is -0.156. The molecule has 8 heteroatoms. The molecular formula is C12H15ClN4O2S. The summed E-state index contributed by atoms with van der Waals surface area (Å²) in [5.74, 6) is -0.287. The molecule has 0 amide bonds. The minimum Gasteiger partial charge on any atom is -0.443 e. The van der Waals surface area contributed by atoms with Crippen molar-refractivity contribution in [2.45, 2.75) is 32.7 Å². The minimum atomic E-state index is -0.548. The molecule has 0 N–H and O–H groups in total. The summed E-state index contributed by atoms with van der Waals surface area (Å²) >= 11 is 7.42. The average molecular weight is 315 g/mol. The topological polar surface area (TPSA) is 69.9 Å². The van der Waals surface area contributed by atoms with Gasteiger partial charge < -0.3 is 4.74 Å². The first-order valence-electron chi connectivity index (χ1n) is 5.92. The van der Waals surface area contributed by atoms with E-state index < -0.39 is 5.41 Å². The standard InChI is InChI=1S/C12H15ClN4O2S/c1-12(2,3)10(18)19-6-17-5-14-7-8(13)15-11(20-4)16-9(7)17/h5H,6H2,1-4H3. The molecule has 6 nitrogen and oxygen atoms in total. The predicted molar refractivity (Wildman–Crippen MR) is 77.7 cm³/mol. The second-order valence-electron chi connectivity index (χ2n) is 5.20. The van der Waals surface area contributed by atoms with Crippen LogP contribution in [-0.4, -0.2) is 31.7 Å². The van der Waals surface area contributed by atoms with Crippen LogP contribution in [0.1, 0.15) is 20.8 Å². The maximum absolute atomic E-state index is 11.8. The van der Waals surface area contributed by atoms with E-state index in [-0.39, 0.29) is 12.7 Å². The predicted octanol–water partition coefficient (Wildman–Crippen LogP) is 2.75. The zero-order valence-electron chi connectivity index (χ0n) is 11.7. The van der Waals surface area contributed by atoms with Crippen molar-refractivity contribution in [3.05, 3.63) is 11.5 Å². The van der Waals surface area contributed by atoms with Gasteiger partial charge in [-0.2, -0.15) is 0 Å². The zero-order chi connectivity index (χ0) is 14.9. The van der Waals surface area contributed by atoms with E-state index in [1.807, 2.05) is 6.26 Å². The van der Waals surface area contributed by atoms with Crippen LogP contribution in [0.2, 0.25) is 5.15 Å². The zero-order valence-corrected chi connectivity index (χ0v) is 13.2. The number of hydrogen-bond donors (Lipinski definition) is 0. The molecular weight excluding hydrogens is 300 g/mol. The van der Waals surface area contributed by atoms with E-state index in [1.54, 1.807) is 25.3 Å². The van der Waals surface area contributed by atoms with Crippen LogP contribution in [0.15, 0.2) is 11.5 Å². The summed E-state index contributed by atoms with van der Waals surface area (Å²) in [6.07, 6.45) is 3.39. The number of fused-ring (bicyclic) bond motifs is 1. The number of halogens is 1. The number of aromatic nitrogens is 4. The number of rotatable bonds is 3. The fraction of sp³-hybridized carbons (Fsp3) is 0.500. The van der Waals surface area contributed by atoms with Crippen LogP contribution in [0, 0.1) is 5.41 Å². The fourth-order valence-corrected chi connectivity index (χ4v) is 2.05. The fourth-order valence-electron chi connectivity index (χ4n) is 1.42. The summed E-state index contributed by atoms with van der Waals surface area (Å²) in [4.78, 5) is 24.3. The normalized spacial score (nSPS) is 11.8. The Balaban J connectivity index is 2.27. The van der Waals surface area contributed by atoms with Gasteiger partial charge in [-0.3, -0.25) is 9.36 Å². The first-order valence-corrected chi connectivity index (χ1v) is 7.53. The quantitative estimate of drug-likeness (QED) is 0.375. The number of hydrogen-bond acceptors (Lipinski definition) is 6. The van der Waals surface area contributed by atoms with Gasteiger partial charge in [0.2, 0.25) is 0 Å². The van der Waals surface area contributed by atoms with E-state index in [1.165, 1.54) is 18.1 Å². The monoisotopic (exact) mass is 314 g/mol. The Labute approximate surface area is 125 Å². The van der Waals surface area contributed by atoms with Crippen LogP contribution in [0.4, 0.5) is 0 Å². The molecule has 2 rings (SSSR count). The molecule has 0 radical (unpaired) electrons. The molecule has 0 atom stereocenters. The van der Waals surface area contributed by atoms with Crippen molar-refractivity contribution in [3.8, 4) is 0 Å². The summed E-state index contributed by atoms with van der Waals surface area (Å²) < 4.78 is 6.88. The number of ether oxygens (including phenoxy) is 1. The first-order chi connectivity index (χ1) is 9.32. The molecule has 2 heterocycles. The van der Waals surface area contributed by atoms with Crippen molar-refractivity contribution in [2.75, 3.05) is 6.26 Å². The minimum absolute atomic E-state index is 0.0494. The molecule has 0 bridgehead atoms. The third-order valence-electron chi connectivity index (χ3n) is 2.53. The molecule has 0 aliphatic rings. The Morgan fingerprint density at radius 2 is 2.15 bits per heavy atom. The molecule has 0 aromatic carbocycles. The Hall–Kier alpha value is -1.34. The highest BCUT2D eigenvalue weighted by Crippen LogP contribution is 2.22. The van der Waals surface area contributed by atoms with Gasteiger partial charge in [-0.05, 0) is 27.0 Å². The van der Waals surface area contributed by atoms with Gasteiger partial charge in [0.05, 0.1) is 11.7 Å². The molecule has 0 saturated carbocycles. The van der Waals surface area contributed by atoms with E-state index >= 15 is 0 Å². The van der Waals surface area contributed by atoms with Gasteiger partial charge in [0.15, 0.2) is 22.7 Å². The number of thioether (sulfide) groups is 1. The molecule has 20 heavy (non-hydrogen) atoms. The van der Waals surface area contributed by atoms with Crippen molar-refractivity contribution in [2.24, 2.45) is 5.41 Å². The third-order valence-corrected chi connectivity index (χ3v) is 3.34. The summed E-state index contributed by atoms with van der Waals surface area (Å²) in [7, 11) is 0.